The van der Waals surface area contributed by atoms with E-state index < -0.39 is 16.4 Å². The third kappa shape index (κ3) is 3.73. The molecule has 7 heteroatoms. The van der Waals surface area contributed by atoms with Crippen molar-refractivity contribution < 1.29 is 14.8 Å². The summed E-state index contributed by atoms with van der Waals surface area (Å²) in [6.07, 6.45) is 1.36. The molecule has 0 aliphatic heterocycles. The van der Waals surface area contributed by atoms with E-state index in [0.29, 0.717) is 6.54 Å². The standard InChI is InChI=1S/C15H13ClN2O4/c1-22-13-4-2-10(3-5-13)8-17-9-11-6-12(16)7-14(15(11)19)18(20)21/h2-7,9,19H,8H2,1H3. The van der Waals surface area contributed by atoms with Crippen LogP contribution >= 0.6 is 11.6 Å². The van der Waals surface area contributed by atoms with E-state index in [9.17, 15) is 15.2 Å². The molecule has 2 aromatic carbocycles. The molecule has 0 heterocycles. The maximum Gasteiger partial charge on any atom is 0.312 e. The van der Waals surface area contributed by atoms with Crippen LogP contribution in [0.4, 0.5) is 5.69 Å². The molecule has 2 aromatic rings. The average Bonchev–Trinajstić information content (AvgIpc) is 2.50. The van der Waals surface area contributed by atoms with Crippen LogP contribution in [0.2, 0.25) is 5.02 Å². The van der Waals surface area contributed by atoms with E-state index in [1.54, 1.807) is 7.11 Å². The van der Waals surface area contributed by atoms with Gasteiger partial charge in [-0.05, 0) is 23.8 Å². The Labute approximate surface area is 131 Å². The van der Waals surface area contributed by atoms with Crippen molar-refractivity contribution in [3.8, 4) is 11.5 Å². The summed E-state index contributed by atoms with van der Waals surface area (Å²) in [6.45, 7) is 0.365. The lowest BCUT2D eigenvalue weighted by atomic mass is 10.2. The number of ether oxygens (including phenoxy) is 1. The predicted octanol–water partition coefficient (Wildman–Crippen LogP) is 3.58. The van der Waals surface area contributed by atoms with Crippen LogP contribution in [0.25, 0.3) is 0 Å². The number of hydrogen-bond donors (Lipinski definition) is 1. The predicted molar refractivity (Wildman–Crippen MR) is 84.1 cm³/mol. The van der Waals surface area contributed by atoms with Crippen molar-refractivity contribution in [3.63, 3.8) is 0 Å². The molecule has 0 saturated carbocycles. The van der Waals surface area contributed by atoms with Crippen LogP contribution < -0.4 is 4.74 Å². The Kier molecular flexibility index (Phi) is 4.95. The molecule has 0 aliphatic rings. The second kappa shape index (κ2) is 6.91. The average molecular weight is 321 g/mol. The molecule has 6 nitrogen and oxygen atoms in total. The number of nitro benzene ring substituents is 1. The van der Waals surface area contributed by atoms with E-state index in [1.807, 2.05) is 24.3 Å². The molecule has 0 radical (unpaired) electrons. The van der Waals surface area contributed by atoms with Gasteiger partial charge in [-0.15, -0.1) is 0 Å². The van der Waals surface area contributed by atoms with E-state index in [0.717, 1.165) is 17.4 Å². The van der Waals surface area contributed by atoms with Gasteiger partial charge in [0.05, 0.1) is 18.6 Å². The number of halogens is 1. The molecule has 22 heavy (non-hydrogen) atoms. The number of nitro groups is 1. The van der Waals surface area contributed by atoms with Gasteiger partial charge < -0.3 is 9.84 Å². The monoisotopic (exact) mass is 320 g/mol. The highest BCUT2D eigenvalue weighted by Gasteiger charge is 2.17. The van der Waals surface area contributed by atoms with E-state index >= 15 is 0 Å². The maximum atomic E-state index is 10.8. The Morgan fingerprint density at radius 2 is 2.05 bits per heavy atom. The smallest absolute Gasteiger partial charge is 0.312 e. The number of benzene rings is 2. The molecule has 2 rings (SSSR count). The zero-order valence-electron chi connectivity index (χ0n) is 11.7. The fourth-order valence-electron chi connectivity index (χ4n) is 1.82. The largest absolute Gasteiger partial charge is 0.502 e. The van der Waals surface area contributed by atoms with Gasteiger partial charge in [0, 0.05) is 22.9 Å². The lowest BCUT2D eigenvalue weighted by Gasteiger charge is -2.02. The molecule has 114 valence electrons. The normalized spacial score (nSPS) is 10.8. The Hall–Kier alpha value is -2.60. The van der Waals surface area contributed by atoms with Crippen LogP contribution in [0.15, 0.2) is 41.4 Å². The third-order valence-electron chi connectivity index (χ3n) is 2.94. The number of phenols is 1. The maximum absolute atomic E-state index is 10.8. The van der Waals surface area contributed by atoms with Crippen molar-refractivity contribution in [3.05, 3.63) is 62.7 Å². The molecule has 0 saturated heterocycles. The number of phenolic OH excluding ortho intramolecular Hbond substituents is 1. The second-order valence-corrected chi connectivity index (χ2v) is 4.87. The molecular formula is C15H13ClN2O4. The molecule has 1 N–H and O–H groups in total. The van der Waals surface area contributed by atoms with E-state index in [1.165, 1.54) is 12.3 Å². The summed E-state index contributed by atoms with van der Waals surface area (Å²) < 4.78 is 5.06. The Morgan fingerprint density at radius 1 is 1.36 bits per heavy atom. The molecule has 0 spiro atoms. The van der Waals surface area contributed by atoms with Gasteiger partial charge in [0.1, 0.15) is 5.75 Å². The van der Waals surface area contributed by atoms with Gasteiger partial charge in [0.25, 0.3) is 0 Å². The molecule has 0 atom stereocenters. The molecule has 0 amide bonds. The zero-order valence-corrected chi connectivity index (χ0v) is 12.4. The van der Waals surface area contributed by atoms with Crippen LogP contribution in [0.3, 0.4) is 0 Å². The molecule has 0 unspecified atom stereocenters. The van der Waals surface area contributed by atoms with Gasteiger partial charge in [0.15, 0.2) is 0 Å². The number of rotatable bonds is 5. The molecular weight excluding hydrogens is 308 g/mol. The van der Waals surface area contributed by atoms with Crippen molar-refractivity contribution in [2.45, 2.75) is 6.54 Å². The molecule has 0 fully saturated rings. The van der Waals surface area contributed by atoms with Gasteiger partial charge >= 0.3 is 5.69 Å². The minimum atomic E-state index is -0.692. The van der Waals surface area contributed by atoms with Crippen molar-refractivity contribution in [1.82, 2.24) is 0 Å². The summed E-state index contributed by atoms with van der Waals surface area (Å²) >= 11 is 5.80. The van der Waals surface area contributed by atoms with Crippen LogP contribution in [0, 0.1) is 10.1 Å². The number of methoxy groups -OCH3 is 1. The number of aromatic hydroxyl groups is 1. The summed E-state index contributed by atoms with van der Waals surface area (Å²) in [5, 5.41) is 20.8. The number of hydrogen-bond acceptors (Lipinski definition) is 5. The second-order valence-electron chi connectivity index (χ2n) is 4.44. The third-order valence-corrected chi connectivity index (χ3v) is 3.16. The summed E-state index contributed by atoms with van der Waals surface area (Å²) in [5.74, 6) is 0.295. The molecule has 0 aliphatic carbocycles. The van der Waals surface area contributed by atoms with Gasteiger partial charge in [-0.2, -0.15) is 0 Å². The van der Waals surface area contributed by atoms with Crippen LogP contribution in [-0.2, 0) is 6.54 Å². The van der Waals surface area contributed by atoms with Gasteiger partial charge in [-0.25, -0.2) is 0 Å². The van der Waals surface area contributed by atoms with E-state index in [2.05, 4.69) is 4.99 Å². The summed E-state index contributed by atoms with van der Waals surface area (Å²) in [6, 6.07) is 9.85. The van der Waals surface area contributed by atoms with Gasteiger partial charge in [-0.1, -0.05) is 23.7 Å². The Balaban J connectivity index is 2.17. The summed E-state index contributed by atoms with van der Waals surface area (Å²) in [5.41, 5.74) is 0.694. The highest BCUT2D eigenvalue weighted by molar-refractivity contribution is 6.31. The minimum Gasteiger partial charge on any atom is -0.502 e. The van der Waals surface area contributed by atoms with Gasteiger partial charge in [-0.3, -0.25) is 15.1 Å². The van der Waals surface area contributed by atoms with Crippen LogP contribution in [0.1, 0.15) is 11.1 Å². The van der Waals surface area contributed by atoms with Crippen LogP contribution in [-0.4, -0.2) is 23.4 Å². The van der Waals surface area contributed by atoms with Gasteiger partial charge in [0.2, 0.25) is 5.75 Å². The highest BCUT2D eigenvalue weighted by atomic mass is 35.5. The Morgan fingerprint density at radius 3 is 2.64 bits per heavy atom. The van der Waals surface area contributed by atoms with Crippen LogP contribution in [0.5, 0.6) is 11.5 Å². The van der Waals surface area contributed by atoms with Crippen molar-refractivity contribution in [1.29, 1.82) is 0 Å². The van der Waals surface area contributed by atoms with Crippen molar-refractivity contribution in [2.24, 2.45) is 4.99 Å². The fourth-order valence-corrected chi connectivity index (χ4v) is 2.04. The van der Waals surface area contributed by atoms with Crippen molar-refractivity contribution >= 4 is 23.5 Å². The SMILES string of the molecule is COc1ccc(CN=Cc2cc(Cl)cc([N+](=O)[O-])c2O)cc1. The topological polar surface area (TPSA) is 85.0 Å². The van der Waals surface area contributed by atoms with E-state index in [-0.39, 0.29) is 10.6 Å². The fraction of sp³-hybridized carbons (Fsp3) is 0.133. The Bertz CT molecular complexity index is 714. The zero-order chi connectivity index (χ0) is 16.1. The number of nitrogens with zero attached hydrogens (tertiary/aromatic N) is 2. The first-order valence-electron chi connectivity index (χ1n) is 6.31. The summed E-state index contributed by atoms with van der Waals surface area (Å²) in [4.78, 5) is 14.3. The van der Waals surface area contributed by atoms with E-state index in [4.69, 9.17) is 16.3 Å². The first kappa shape index (κ1) is 15.8. The molecule has 0 bridgehead atoms. The number of aliphatic imine (C=N–C) groups is 1. The van der Waals surface area contributed by atoms with Crippen molar-refractivity contribution in [2.75, 3.05) is 7.11 Å². The lowest BCUT2D eigenvalue weighted by molar-refractivity contribution is -0.385. The molecule has 0 aromatic heterocycles. The first-order valence-corrected chi connectivity index (χ1v) is 6.68. The lowest BCUT2D eigenvalue weighted by Crippen LogP contribution is -1.93. The summed E-state index contributed by atoms with van der Waals surface area (Å²) in [7, 11) is 1.59. The quantitative estimate of drug-likeness (QED) is 0.518. The minimum absolute atomic E-state index is 0.162. The first-order chi connectivity index (χ1) is 10.5. The highest BCUT2D eigenvalue weighted by Crippen LogP contribution is 2.32.